The van der Waals surface area contributed by atoms with Crippen LogP contribution >= 0.6 is 0 Å². The highest BCUT2D eigenvalue weighted by molar-refractivity contribution is 4.98. The van der Waals surface area contributed by atoms with E-state index >= 15 is 0 Å². The van der Waals surface area contributed by atoms with Gasteiger partial charge in [-0.15, -0.1) is 0 Å². The lowest BCUT2D eigenvalue weighted by atomic mass is 9.82. The summed E-state index contributed by atoms with van der Waals surface area (Å²) in [6.45, 7) is 0. The average Bonchev–Trinajstić information content (AvgIpc) is 2.60. The Morgan fingerprint density at radius 1 is 0.700 bits per heavy atom. The molecule has 0 amide bonds. The van der Waals surface area contributed by atoms with Gasteiger partial charge in [0.2, 0.25) is 0 Å². The van der Waals surface area contributed by atoms with E-state index in [1.807, 2.05) is 0 Å². The van der Waals surface area contributed by atoms with Crippen molar-refractivity contribution >= 4 is 0 Å². The van der Waals surface area contributed by atoms with Crippen molar-refractivity contribution in [3.63, 3.8) is 0 Å². The van der Waals surface area contributed by atoms with Crippen molar-refractivity contribution in [2.45, 2.75) is 38.5 Å². The molecule has 3 saturated carbocycles. The molecule has 56 valence electrons. The van der Waals surface area contributed by atoms with E-state index in [4.69, 9.17) is 0 Å². The summed E-state index contributed by atoms with van der Waals surface area (Å²) in [6.07, 6.45) is 9.53. The van der Waals surface area contributed by atoms with E-state index in [9.17, 15) is 0 Å². The van der Waals surface area contributed by atoms with Crippen molar-refractivity contribution in [2.24, 2.45) is 23.7 Å². The summed E-state index contributed by atoms with van der Waals surface area (Å²) in [6, 6.07) is 0. The number of hydrogen-bond acceptors (Lipinski definition) is 0. The summed E-state index contributed by atoms with van der Waals surface area (Å²) in [5, 5.41) is 0. The SMILES string of the molecule is C1CC2C3CCC(C3)[C@@H]2C1. The van der Waals surface area contributed by atoms with Crippen LogP contribution in [0.1, 0.15) is 38.5 Å². The highest BCUT2D eigenvalue weighted by atomic mass is 14.5. The molecule has 0 aromatic carbocycles. The fourth-order valence-electron chi connectivity index (χ4n) is 4.02. The molecule has 0 radical (unpaired) electrons. The van der Waals surface area contributed by atoms with Gasteiger partial charge in [0.05, 0.1) is 0 Å². The lowest BCUT2D eigenvalue weighted by Gasteiger charge is -2.23. The predicted octanol–water partition coefficient (Wildman–Crippen LogP) is 2.83. The van der Waals surface area contributed by atoms with Crippen LogP contribution in [0.4, 0.5) is 0 Å². The first-order chi connectivity index (χ1) is 4.95. The van der Waals surface area contributed by atoms with Crippen molar-refractivity contribution in [3.05, 3.63) is 0 Å². The largest absolute Gasteiger partial charge is 0.0527 e. The first kappa shape index (κ1) is 5.62. The van der Waals surface area contributed by atoms with Gasteiger partial charge in [-0.3, -0.25) is 0 Å². The maximum absolute atomic E-state index is 1.62. The molecule has 10 heavy (non-hydrogen) atoms. The van der Waals surface area contributed by atoms with Gasteiger partial charge in [-0.2, -0.15) is 0 Å². The normalized spacial score (nSPS) is 57.6. The summed E-state index contributed by atoms with van der Waals surface area (Å²) in [5.74, 6) is 4.80. The zero-order valence-electron chi connectivity index (χ0n) is 6.55. The second-order valence-corrected chi connectivity index (χ2v) is 4.59. The Balaban J connectivity index is 1.92. The number of fused-ring (bicyclic) bond motifs is 5. The highest BCUT2D eigenvalue weighted by Crippen LogP contribution is 2.58. The lowest BCUT2D eigenvalue weighted by Crippen LogP contribution is -2.15. The van der Waals surface area contributed by atoms with Crippen molar-refractivity contribution in [2.75, 3.05) is 0 Å². The van der Waals surface area contributed by atoms with E-state index in [-0.39, 0.29) is 0 Å². The van der Waals surface area contributed by atoms with E-state index in [0.717, 1.165) is 0 Å². The predicted molar refractivity (Wildman–Crippen MR) is 41.7 cm³/mol. The Hall–Kier alpha value is 0. The van der Waals surface area contributed by atoms with Crippen LogP contribution in [0.15, 0.2) is 0 Å². The third kappa shape index (κ3) is 0.538. The number of rotatable bonds is 0. The molecule has 3 aliphatic rings. The fraction of sp³-hybridized carbons (Fsp3) is 1.00. The molecule has 0 nitrogen and oxygen atoms in total. The standard InChI is InChI=1S/C10H16/c1-2-9-7-4-5-8(6-7)10(9)3-1/h7-10H,1-6H2/t7?,8?,9-,10?/m0/s1. The van der Waals surface area contributed by atoms with Crippen LogP contribution in [-0.4, -0.2) is 0 Å². The van der Waals surface area contributed by atoms with E-state index in [0.29, 0.717) is 0 Å². The molecular weight excluding hydrogens is 120 g/mol. The van der Waals surface area contributed by atoms with Gasteiger partial charge < -0.3 is 0 Å². The minimum Gasteiger partial charge on any atom is -0.0527 e. The average molecular weight is 136 g/mol. The minimum absolute atomic E-state index is 1.19. The Morgan fingerprint density at radius 3 is 1.90 bits per heavy atom. The van der Waals surface area contributed by atoms with Crippen molar-refractivity contribution in [3.8, 4) is 0 Å². The topological polar surface area (TPSA) is 0 Å². The summed E-state index contributed by atoms with van der Waals surface area (Å²) in [7, 11) is 0. The molecule has 0 N–H and O–H groups in total. The van der Waals surface area contributed by atoms with Crippen molar-refractivity contribution in [1.82, 2.24) is 0 Å². The van der Waals surface area contributed by atoms with Gasteiger partial charge in [-0.05, 0) is 55.8 Å². The second kappa shape index (κ2) is 1.78. The highest BCUT2D eigenvalue weighted by Gasteiger charge is 2.48. The second-order valence-electron chi connectivity index (χ2n) is 4.59. The molecule has 3 unspecified atom stereocenters. The van der Waals surface area contributed by atoms with Gasteiger partial charge in [0.25, 0.3) is 0 Å². The maximum atomic E-state index is 1.62. The zero-order chi connectivity index (χ0) is 6.55. The van der Waals surface area contributed by atoms with Crippen LogP contribution in [0.2, 0.25) is 0 Å². The van der Waals surface area contributed by atoms with Crippen molar-refractivity contribution in [1.29, 1.82) is 0 Å². The molecule has 3 fully saturated rings. The van der Waals surface area contributed by atoms with Crippen LogP contribution in [0.3, 0.4) is 0 Å². The third-order valence-electron chi connectivity index (χ3n) is 4.35. The maximum Gasteiger partial charge on any atom is -0.0355 e. The molecule has 2 bridgehead atoms. The molecule has 0 heteroatoms. The zero-order valence-corrected chi connectivity index (χ0v) is 6.55. The van der Waals surface area contributed by atoms with E-state index in [2.05, 4.69) is 0 Å². The Bertz CT molecular complexity index is 134. The summed E-state index contributed by atoms with van der Waals surface area (Å²) in [4.78, 5) is 0. The minimum atomic E-state index is 1.19. The Kier molecular flexibility index (Phi) is 1.00. The lowest BCUT2D eigenvalue weighted by molar-refractivity contribution is 0.259. The molecular formula is C10H16. The molecule has 4 atom stereocenters. The van der Waals surface area contributed by atoms with Crippen LogP contribution in [0.5, 0.6) is 0 Å². The summed E-state index contributed by atoms with van der Waals surface area (Å²) < 4.78 is 0. The molecule has 0 heterocycles. The summed E-state index contributed by atoms with van der Waals surface area (Å²) in [5.41, 5.74) is 0. The van der Waals surface area contributed by atoms with Crippen LogP contribution < -0.4 is 0 Å². The number of hydrogen-bond donors (Lipinski definition) is 0. The smallest absolute Gasteiger partial charge is 0.0355 e. The Labute approximate surface area is 63.0 Å². The third-order valence-corrected chi connectivity index (χ3v) is 4.35. The van der Waals surface area contributed by atoms with Gasteiger partial charge in [-0.25, -0.2) is 0 Å². The van der Waals surface area contributed by atoms with Gasteiger partial charge in [0, 0.05) is 0 Å². The Morgan fingerprint density at radius 2 is 1.30 bits per heavy atom. The monoisotopic (exact) mass is 136 g/mol. The molecule has 3 rings (SSSR count). The molecule has 0 aromatic heterocycles. The van der Waals surface area contributed by atoms with E-state index in [1.54, 1.807) is 38.5 Å². The molecule has 0 aromatic rings. The van der Waals surface area contributed by atoms with Gasteiger partial charge in [-0.1, -0.05) is 6.42 Å². The van der Waals surface area contributed by atoms with Gasteiger partial charge in [0.15, 0.2) is 0 Å². The fourth-order valence-corrected chi connectivity index (χ4v) is 4.02. The molecule has 3 aliphatic carbocycles. The summed E-state index contributed by atoms with van der Waals surface area (Å²) >= 11 is 0. The van der Waals surface area contributed by atoms with E-state index < -0.39 is 0 Å². The van der Waals surface area contributed by atoms with Crippen LogP contribution in [0, 0.1) is 23.7 Å². The molecule has 0 saturated heterocycles. The first-order valence-corrected chi connectivity index (χ1v) is 4.95. The van der Waals surface area contributed by atoms with Crippen molar-refractivity contribution < 1.29 is 0 Å². The molecule has 0 spiro atoms. The van der Waals surface area contributed by atoms with Crippen LogP contribution in [-0.2, 0) is 0 Å². The van der Waals surface area contributed by atoms with Gasteiger partial charge in [0.1, 0.15) is 0 Å². The molecule has 0 aliphatic heterocycles. The first-order valence-electron chi connectivity index (χ1n) is 4.95. The van der Waals surface area contributed by atoms with Gasteiger partial charge >= 0.3 is 0 Å². The van der Waals surface area contributed by atoms with Crippen LogP contribution in [0.25, 0.3) is 0 Å². The quantitative estimate of drug-likeness (QED) is 0.480. The van der Waals surface area contributed by atoms with E-state index in [1.165, 1.54) is 23.7 Å².